The molecule has 0 aromatic heterocycles. The van der Waals surface area contributed by atoms with Gasteiger partial charge in [0.2, 0.25) is 0 Å². The van der Waals surface area contributed by atoms with Gasteiger partial charge in [-0.1, -0.05) is 20.8 Å². The fraction of sp³-hybridized carbons (Fsp3) is 1.00. The standard InChI is InChI=1S/C9H19N.ClH/c1-9(2,3)8-5-4-6-10-7-8;/h8,10H,4-7H2,1-3H3;1H/t8-;/m0./s1. The molecule has 0 amide bonds. The summed E-state index contributed by atoms with van der Waals surface area (Å²) in [5.41, 5.74) is 0.507. The van der Waals surface area contributed by atoms with E-state index in [0.29, 0.717) is 5.41 Å². The molecular formula is C9H20ClN. The molecule has 0 aromatic rings. The number of rotatable bonds is 0. The Hall–Kier alpha value is 0.250. The number of hydrogen-bond donors (Lipinski definition) is 1. The molecule has 1 N–H and O–H groups in total. The van der Waals surface area contributed by atoms with Gasteiger partial charge < -0.3 is 5.32 Å². The number of hydrogen-bond acceptors (Lipinski definition) is 1. The minimum absolute atomic E-state index is 0. The van der Waals surface area contributed by atoms with Gasteiger partial charge in [-0.3, -0.25) is 0 Å². The van der Waals surface area contributed by atoms with Gasteiger partial charge in [0.1, 0.15) is 0 Å². The normalized spacial score (nSPS) is 25.9. The average molecular weight is 178 g/mol. The minimum atomic E-state index is 0. The van der Waals surface area contributed by atoms with Crippen molar-refractivity contribution < 1.29 is 0 Å². The van der Waals surface area contributed by atoms with Crippen molar-refractivity contribution in [3.63, 3.8) is 0 Å². The number of piperidine rings is 1. The molecule has 11 heavy (non-hydrogen) atoms. The smallest absolute Gasteiger partial charge is 0.00155 e. The fourth-order valence-corrected chi connectivity index (χ4v) is 1.59. The van der Waals surface area contributed by atoms with E-state index < -0.39 is 0 Å². The first-order valence-electron chi connectivity index (χ1n) is 4.31. The summed E-state index contributed by atoms with van der Waals surface area (Å²) in [7, 11) is 0. The first kappa shape index (κ1) is 11.2. The summed E-state index contributed by atoms with van der Waals surface area (Å²) in [6.07, 6.45) is 2.78. The highest BCUT2D eigenvalue weighted by atomic mass is 35.5. The molecule has 0 unspecified atom stereocenters. The van der Waals surface area contributed by atoms with E-state index >= 15 is 0 Å². The summed E-state index contributed by atoms with van der Waals surface area (Å²) in [6, 6.07) is 0. The van der Waals surface area contributed by atoms with Crippen LogP contribution in [-0.4, -0.2) is 13.1 Å². The summed E-state index contributed by atoms with van der Waals surface area (Å²) in [5, 5.41) is 3.44. The van der Waals surface area contributed by atoms with Gasteiger partial charge in [-0.25, -0.2) is 0 Å². The molecule has 1 heterocycles. The minimum Gasteiger partial charge on any atom is -0.316 e. The van der Waals surface area contributed by atoms with Crippen LogP contribution < -0.4 is 5.32 Å². The molecule has 0 saturated carbocycles. The first-order valence-corrected chi connectivity index (χ1v) is 4.31. The summed E-state index contributed by atoms with van der Waals surface area (Å²) >= 11 is 0. The zero-order valence-corrected chi connectivity index (χ0v) is 8.63. The van der Waals surface area contributed by atoms with Crippen molar-refractivity contribution in [3.05, 3.63) is 0 Å². The van der Waals surface area contributed by atoms with Crippen LogP contribution >= 0.6 is 12.4 Å². The van der Waals surface area contributed by atoms with Crippen molar-refractivity contribution in [1.29, 1.82) is 0 Å². The monoisotopic (exact) mass is 177 g/mol. The lowest BCUT2D eigenvalue weighted by molar-refractivity contribution is 0.193. The Morgan fingerprint density at radius 3 is 2.18 bits per heavy atom. The van der Waals surface area contributed by atoms with Gasteiger partial charge >= 0.3 is 0 Å². The van der Waals surface area contributed by atoms with Crippen LogP contribution in [0, 0.1) is 11.3 Å². The Bertz CT molecular complexity index is 101. The Labute approximate surface area is 76.4 Å². The molecule has 1 fully saturated rings. The molecular weight excluding hydrogens is 158 g/mol. The zero-order chi connectivity index (χ0) is 7.61. The Morgan fingerprint density at radius 1 is 1.27 bits per heavy atom. The van der Waals surface area contributed by atoms with Crippen LogP contribution in [0.25, 0.3) is 0 Å². The van der Waals surface area contributed by atoms with E-state index in [1.54, 1.807) is 0 Å². The van der Waals surface area contributed by atoms with Gasteiger partial charge in [0, 0.05) is 0 Å². The van der Waals surface area contributed by atoms with Gasteiger partial charge in [-0.2, -0.15) is 0 Å². The summed E-state index contributed by atoms with van der Waals surface area (Å²) < 4.78 is 0. The highest BCUT2D eigenvalue weighted by molar-refractivity contribution is 5.85. The highest BCUT2D eigenvalue weighted by Crippen LogP contribution is 2.30. The fourth-order valence-electron chi connectivity index (χ4n) is 1.59. The molecule has 0 radical (unpaired) electrons. The van der Waals surface area contributed by atoms with Crippen LogP contribution in [0.4, 0.5) is 0 Å². The van der Waals surface area contributed by atoms with Crippen molar-refractivity contribution in [2.75, 3.05) is 13.1 Å². The van der Waals surface area contributed by atoms with Crippen molar-refractivity contribution in [3.8, 4) is 0 Å². The van der Waals surface area contributed by atoms with E-state index in [0.717, 1.165) is 5.92 Å². The molecule has 1 rings (SSSR count). The van der Waals surface area contributed by atoms with E-state index in [4.69, 9.17) is 0 Å². The molecule has 1 aliphatic heterocycles. The molecule has 1 atom stereocenters. The van der Waals surface area contributed by atoms with E-state index in [9.17, 15) is 0 Å². The average Bonchev–Trinajstić information content (AvgIpc) is 1.88. The third-order valence-corrected chi connectivity index (χ3v) is 2.52. The van der Waals surface area contributed by atoms with Crippen LogP contribution in [0.3, 0.4) is 0 Å². The topological polar surface area (TPSA) is 12.0 Å². The van der Waals surface area contributed by atoms with Gasteiger partial charge in [-0.05, 0) is 37.3 Å². The molecule has 0 bridgehead atoms. The summed E-state index contributed by atoms with van der Waals surface area (Å²) in [4.78, 5) is 0. The highest BCUT2D eigenvalue weighted by Gasteiger charge is 2.25. The second-order valence-electron chi connectivity index (χ2n) is 4.41. The number of halogens is 1. The largest absolute Gasteiger partial charge is 0.316 e. The van der Waals surface area contributed by atoms with E-state index in [2.05, 4.69) is 26.1 Å². The third-order valence-electron chi connectivity index (χ3n) is 2.52. The lowest BCUT2D eigenvalue weighted by atomic mass is 9.77. The number of nitrogens with one attached hydrogen (secondary N) is 1. The van der Waals surface area contributed by atoms with Crippen molar-refractivity contribution in [1.82, 2.24) is 5.32 Å². The van der Waals surface area contributed by atoms with E-state index in [1.165, 1.54) is 25.9 Å². The first-order chi connectivity index (χ1) is 4.61. The molecule has 68 valence electrons. The molecule has 0 aromatic carbocycles. The maximum absolute atomic E-state index is 3.44. The Morgan fingerprint density at radius 2 is 1.91 bits per heavy atom. The van der Waals surface area contributed by atoms with Crippen molar-refractivity contribution >= 4 is 12.4 Å². The summed E-state index contributed by atoms with van der Waals surface area (Å²) in [6.45, 7) is 9.47. The molecule has 0 spiro atoms. The molecule has 0 aliphatic carbocycles. The van der Waals surface area contributed by atoms with E-state index in [1.807, 2.05) is 0 Å². The summed E-state index contributed by atoms with van der Waals surface area (Å²) in [5.74, 6) is 0.890. The van der Waals surface area contributed by atoms with Gasteiger partial charge in [0.05, 0.1) is 0 Å². The van der Waals surface area contributed by atoms with Gasteiger partial charge in [0.15, 0.2) is 0 Å². The van der Waals surface area contributed by atoms with Crippen molar-refractivity contribution in [2.45, 2.75) is 33.6 Å². The lowest BCUT2D eigenvalue weighted by Gasteiger charge is -2.34. The quantitative estimate of drug-likeness (QED) is 0.600. The molecule has 1 nitrogen and oxygen atoms in total. The third kappa shape index (κ3) is 3.44. The SMILES string of the molecule is CC(C)(C)[C@H]1CCCNC1.Cl. The molecule has 1 saturated heterocycles. The van der Waals surface area contributed by atoms with Crippen LogP contribution in [0.5, 0.6) is 0 Å². The predicted molar refractivity (Wildman–Crippen MR) is 52.3 cm³/mol. The van der Waals surface area contributed by atoms with Crippen LogP contribution in [0.15, 0.2) is 0 Å². The maximum atomic E-state index is 3.44. The van der Waals surface area contributed by atoms with Crippen LogP contribution in [-0.2, 0) is 0 Å². The molecule has 1 aliphatic rings. The maximum Gasteiger partial charge on any atom is -0.00155 e. The second kappa shape index (κ2) is 4.32. The Balaban J connectivity index is 0.000001000. The lowest BCUT2D eigenvalue weighted by Crippen LogP contribution is -2.36. The second-order valence-corrected chi connectivity index (χ2v) is 4.41. The van der Waals surface area contributed by atoms with Crippen LogP contribution in [0.1, 0.15) is 33.6 Å². The van der Waals surface area contributed by atoms with Crippen LogP contribution in [0.2, 0.25) is 0 Å². The van der Waals surface area contributed by atoms with Crippen molar-refractivity contribution in [2.24, 2.45) is 11.3 Å². The predicted octanol–water partition coefficient (Wildman–Crippen LogP) is 2.45. The van der Waals surface area contributed by atoms with Gasteiger partial charge in [-0.15, -0.1) is 12.4 Å². The van der Waals surface area contributed by atoms with E-state index in [-0.39, 0.29) is 12.4 Å². The van der Waals surface area contributed by atoms with Gasteiger partial charge in [0.25, 0.3) is 0 Å². The molecule has 2 heteroatoms. The zero-order valence-electron chi connectivity index (χ0n) is 7.81. The Kier molecular flexibility index (Phi) is 4.42.